The van der Waals surface area contributed by atoms with Crippen LogP contribution in [0.15, 0.2) is 0 Å². The maximum Gasteiger partial charge on any atom is 0.302 e. The summed E-state index contributed by atoms with van der Waals surface area (Å²) < 4.78 is 6.01. The maximum absolute atomic E-state index is 12.4. The first-order valence-corrected chi connectivity index (χ1v) is 11.6. The molecule has 0 radical (unpaired) electrons. The van der Waals surface area contributed by atoms with E-state index in [1.165, 1.54) is 19.3 Å². The van der Waals surface area contributed by atoms with E-state index in [1.807, 2.05) is 0 Å². The predicted octanol–water partition coefficient (Wildman–Crippen LogP) is 4.46. The molecule has 2 aliphatic heterocycles. The average Bonchev–Trinajstić information content (AvgIpc) is 2.91. The van der Waals surface area contributed by atoms with E-state index in [0.29, 0.717) is 35.4 Å². The lowest BCUT2D eigenvalue weighted by molar-refractivity contribution is -0.169. The Hall–Kier alpha value is -0.900. The van der Waals surface area contributed by atoms with Crippen molar-refractivity contribution in [1.29, 1.82) is 0 Å². The van der Waals surface area contributed by atoms with E-state index < -0.39 is 0 Å². The maximum atomic E-state index is 12.4. The molecular weight excluding hydrogens is 350 g/mol. The molecule has 4 nitrogen and oxygen atoms in total. The van der Waals surface area contributed by atoms with Crippen LogP contribution in [0.5, 0.6) is 0 Å². The molecule has 2 saturated carbocycles. The lowest BCUT2D eigenvalue weighted by Gasteiger charge is -2.62. The minimum atomic E-state index is -0.124. The molecule has 0 aromatic rings. The van der Waals surface area contributed by atoms with Gasteiger partial charge in [-0.3, -0.25) is 14.5 Å². The topological polar surface area (TPSA) is 46.6 Å². The summed E-state index contributed by atoms with van der Waals surface area (Å²) >= 11 is 0. The summed E-state index contributed by atoms with van der Waals surface area (Å²) in [6.07, 6.45) is 6.55. The first kappa shape index (κ1) is 20.4. The molecule has 158 valence electrons. The Morgan fingerprint density at radius 2 is 1.89 bits per heavy atom. The van der Waals surface area contributed by atoms with Gasteiger partial charge in [-0.05, 0) is 82.1 Å². The van der Waals surface area contributed by atoms with Gasteiger partial charge in [0.1, 0.15) is 11.9 Å². The number of rotatable bonds is 2. The third kappa shape index (κ3) is 2.80. The zero-order valence-corrected chi connectivity index (χ0v) is 18.7. The summed E-state index contributed by atoms with van der Waals surface area (Å²) in [5.74, 6) is 3.30. The Labute approximate surface area is 170 Å². The number of carbonyl (C=O) groups is 2. The number of Topliss-reactive ketones (excluding diaryl/α,β-unsaturated/α-hetero) is 1. The number of fused-ring (bicyclic) bond motifs is 5. The van der Waals surface area contributed by atoms with E-state index in [2.05, 4.69) is 39.5 Å². The molecule has 28 heavy (non-hydrogen) atoms. The highest BCUT2D eigenvalue weighted by Crippen LogP contribution is 2.64. The van der Waals surface area contributed by atoms with Crippen LogP contribution in [0.25, 0.3) is 0 Å². The van der Waals surface area contributed by atoms with E-state index in [9.17, 15) is 9.59 Å². The quantitative estimate of drug-likeness (QED) is 0.654. The molecule has 0 N–H and O–H groups in total. The number of ketones is 1. The van der Waals surface area contributed by atoms with Crippen LogP contribution in [0.1, 0.15) is 80.1 Å². The van der Waals surface area contributed by atoms with Gasteiger partial charge in [0.2, 0.25) is 0 Å². The summed E-state index contributed by atoms with van der Waals surface area (Å²) in [7, 11) is 0. The fourth-order valence-electron chi connectivity index (χ4n) is 8.02. The highest BCUT2D eigenvalue weighted by molar-refractivity contribution is 5.84. The summed E-state index contributed by atoms with van der Waals surface area (Å²) in [6.45, 7) is 14.2. The molecule has 4 rings (SSSR count). The Morgan fingerprint density at radius 1 is 1.18 bits per heavy atom. The summed E-state index contributed by atoms with van der Waals surface area (Å²) in [5.41, 5.74) is 0.265. The SMILES string of the molecule is CC(=O)OC1C(C(C)C)C[C@H]2[C@@H]3CCN4C(C)C(=O)CC[C@]4(C)[C@@H]3CC[C@]12C. The molecule has 0 bridgehead atoms. The molecule has 0 aromatic carbocycles. The first-order valence-electron chi connectivity index (χ1n) is 11.6. The van der Waals surface area contributed by atoms with E-state index in [0.717, 1.165) is 25.8 Å². The highest BCUT2D eigenvalue weighted by Gasteiger charge is 2.63. The number of carbonyl (C=O) groups excluding carboxylic acids is 2. The molecule has 4 fully saturated rings. The van der Waals surface area contributed by atoms with Crippen molar-refractivity contribution in [2.75, 3.05) is 6.54 Å². The Kier molecular flexibility index (Phi) is 4.96. The number of nitrogens with zero attached hydrogens (tertiary/aromatic N) is 1. The second kappa shape index (κ2) is 6.82. The van der Waals surface area contributed by atoms with Gasteiger partial charge in [0.05, 0.1) is 6.04 Å². The number of esters is 1. The average molecular weight is 390 g/mol. The van der Waals surface area contributed by atoms with Crippen LogP contribution in [-0.4, -0.2) is 40.9 Å². The molecule has 2 heterocycles. The van der Waals surface area contributed by atoms with Crippen molar-refractivity contribution in [2.45, 2.75) is 97.8 Å². The van der Waals surface area contributed by atoms with Gasteiger partial charge in [-0.15, -0.1) is 0 Å². The van der Waals surface area contributed by atoms with Gasteiger partial charge in [0, 0.05) is 24.3 Å². The monoisotopic (exact) mass is 389 g/mol. The second-order valence-corrected chi connectivity index (χ2v) is 11.1. The number of hydrogen-bond donors (Lipinski definition) is 0. The zero-order chi connectivity index (χ0) is 20.4. The van der Waals surface area contributed by atoms with Crippen LogP contribution in [0.4, 0.5) is 0 Å². The number of hydrogen-bond acceptors (Lipinski definition) is 4. The molecule has 0 spiro atoms. The Morgan fingerprint density at radius 3 is 2.54 bits per heavy atom. The predicted molar refractivity (Wildman–Crippen MR) is 110 cm³/mol. The van der Waals surface area contributed by atoms with E-state index in [1.54, 1.807) is 6.92 Å². The van der Waals surface area contributed by atoms with Crippen molar-refractivity contribution in [1.82, 2.24) is 4.90 Å². The number of ether oxygens (including phenoxy) is 1. The van der Waals surface area contributed by atoms with Crippen LogP contribution >= 0.6 is 0 Å². The van der Waals surface area contributed by atoms with Gasteiger partial charge in [0.15, 0.2) is 0 Å². The smallest absolute Gasteiger partial charge is 0.302 e. The van der Waals surface area contributed by atoms with Gasteiger partial charge in [-0.2, -0.15) is 0 Å². The minimum absolute atomic E-state index is 0.0636. The third-order valence-corrected chi connectivity index (χ3v) is 9.56. The van der Waals surface area contributed by atoms with Crippen molar-refractivity contribution in [3.05, 3.63) is 0 Å². The van der Waals surface area contributed by atoms with Gasteiger partial charge in [-0.25, -0.2) is 0 Å². The molecule has 3 unspecified atom stereocenters. The van der Waals surface area contributed by atoms with Crippen LogP contribution in [0.3, 0.4) is 0 Å². The van der Waals surface area contributed by atoms with Crippen LogP contribution in [-0.2, 0) is 14.3 Å². The van der Waals surface area contributed by atoms with Crippen molar-refractivity contribution in [2.24, 2.45) is 35.0 Å². The molecule has 0 aromatic heterocycles. The van der Waals surface area contributed by atoms with Gasteiger partial charge >= 0.3 is 5.97 Å². The molecular formula is C24H39NO3. The molecule has 2 aliphatic carbocycles. The Bertz CT molecular complexity index is 660. The zero-order valence-electron chi connectivity index (χ0n) is 18.7. The fourth-order valence-corrected chi connectivity index (χ4v) is 8.02. The molecule has 0 amide bonds. The summed E-state index contributed by atoms with van der Waals surface area (Å²) in [6, 6.07) is 0.0776. The second-order valence-electron chi connectivity index (χ2n) is 11.1. The fraction of sp³-hybridized carbons (Fsp3) is 0.917. The van der Waals surface area contributed by atoms with Crippen molar-refractivity contribution >= 4 is 11.8 Å². The van der Waals surface area contributed by atoms with Crippen molar-refractivity contribution < 1.29 is 14.3 Å². The largest absolute Gasteiger partial charge is 0.462 e. The van der Waals surface area contributed by atoms with Gasteiger partial charge in [-0.1, -0.05) is 20.8 Å². The standard InChI is InChI=1S/C24H39NO3/c1-14(2)18-13-20-17-9-12-25-15(3)21(27)8-11-24(25,6)19(17)7-10-23(20,5)22(18)28-16(4)26/h14-15,17-20,22H,7-13H2,1-6H3/t15?,17-,18?,19-,20+,22?,23+,24-/m1/s1. The van der Waals surface area contributed by atoms with Gasteiger partial charge < -0.3 is 4.74 Å². The van der Waals surface area contributed by atoms with E-state index in [4.69, 9.17) is 4.74 Å². The molecule has 2 saturated heterocycles. The lowest BCUT2D eigenvalue weighted by Crippen LogP contribution is -2.67. The number of piperidine rings is 2. The van der Waals surface area contributed by atoms with Gasteiger partial charge in [0.25, 0.3) is 0 Å². The van der Waals surface area contributed by atoms with E-state index >= 15 is 0 Å². The normalized spacial score (nSPS) is 48.8. The van der Waals surface area contributed by atoms with Crippen molar-refractivity contribution in [3.63, 3.8) is 0 Å². The van der Waals surface area contributed by atoms with Crippen molar-refractivity contribution in [3.8, 4) is 0 Å². The minimum Gasteiger partial charge on any atom is -0.462 e. The van der Waals surface area contributed by atoms with Crippen LogP contribution in [0.2, 0.25) is 0 Å². The molecule has 8 atom stereocenters. The Balaban J connectivity index is 1.65. The molecule has 4 heteroatoms. The van der Waals surface area contributed by atoms with Crippen LogP contribution < -0.4 is 0 Å². The van der Waals surface area contributed by atoms with E-state index in [-0.39, 0.29) is 29.1 Å². The third-order valence-electron chi connectivity index (χ3n) is 9.56. The summed E-state index contributed by atoms with van der Waals surface area (Å²) in [4.78, 5) is 26.8. The van der Waals surface area contributed by atoms with Crippen LogP contribution in [0, 0.1) is 35.0 Å². The first-order chi connectivity index (χ1) is 13.1. The molecule has 4 aliphatic rings. The highest BCUT2D eigenvalue weighted by atomic mass is 16.5. The lowest BCUT2D eigenvalue weighted by atomic mass is 9.52. The summed E-state index contributed by atoms with van der Waals surface area (Å²) in [5, 5.41) is 0.